The number of carbonyl (C=O) groups excluding carboxylic acids is 1. The Labute approximate surface area is 158 Å². The number of carbonyl (C=O) groups is 2. The van der Waals surface area contributed by atoms with Crippen LogP contribution in [0.4, 0.5) is 0 Å². The molecule has 0 radical (unpaired) electrons. The van der Waals surface area contributed by atoms with Gasteiger partial charge in [-0.05, 0) is 64.6 Å². The Morgan fingerprint density at radius 1 is 1.30 bits per heavy atom. The highest BCUT2D eigenvalue weighted by atomic mass is 16.6. The Balaban J connectivity index is 1.59. The molecule has 0 bridgehead atoms. The van der Waals surface area contributed by atoms with Crippen molar-refractivity contribution in [3.05, 3.63) is 11.6 Å². The van der Waals surface area contributed by atoms with E-state index in [1.807, 2.05) is 0 Å². The lowest BCUT2D eigenvalue weighted by molar-refractivity contribution is -0.148. The summed E-state index contributed by atoms with van der Waals surface area (Å²) in [6.45, 7) is 1.92. The van der Waals surface area contributed by atoms with Gasteiger partial charge in [0.05, 0.1) is 12.3 Å². The SMILES string of the molecule is CN1CCC(Cc2nc(C3CC(=O)OC34CCCC4)n(CC(=O)O)n2)CC1. The molecule has 1 saturated carbocycles. The van der Waals surface area contributed by atoms with E-state index in [9.17, 15) is 14.7 Å². The largest absolute Gasteiger partial charge is 0.480 e. The van der Waals surface area contributed by atoms with E-state index in [0.29, 0.717) is 17.6 Å². The molecule has 1 unspecified atom stereocenters. The molecule has 3 fully saturated rings. The maximum Gasteiger partial charge on any atom is 0.325 e. The first-order chi connectivity index (χ1) is 12.9. The minimum absolute atomic E-state index is 0.189. The quantitative estimate of drug-likeness (QED) is 0.779. The van der Waals surface area contributed by atoms with E-state index in [-0.39, 0.29) is 24.9 Å². The standard InChI is InChI=1S/C19H28N4O4/c1-22-8-4-13(5-9-22)10-15-20-18(23(21-15)12-16(24)25)14-11-17(26)27-19(14)6-2-3-7-19/h13-14H,2-12H2,1H3,(H,24,25). The Bertz CT molecular complexity index is 717. The summed E-state index contributed by atoms with van der Waals surface area (Å²) in [5.74, 6) is 0.505. The van der Waals surface area contributed by atoms with E-state index in [0.717, 1.165) is 58.0 Å². The molecule has 1 aliphatic carbocycles. The maximum absolute atomic E-state index is 12.1. The minimum Gasteiger partial charge on any atom is -0.480 e. The van der Waals surface area contributed by atoms with Gasteiger partial charge in [-0.25, -0.2) is 9.67 Å². The van der Waals surface area contributed by atoms with Gasteiger partial charge in [0, 0.05) is 6.42 Å². The normalized spacial score (nSPS) is 26.0. The van der Waals surface area contributed by atoms with Gasteiger partial charge in [-0.1, -0.05) is 0 Å². The smallest absolute Gasteiger partial charge is 0.325 e. The first-order valence-corrected chi connectivity index (χ1v) is 10.0. The number of carboxylic acid groups (broad SMARTS) is 1. The molecule has 1 spiro atoms. The van der Waals surface area contributed by atoms with Crippen molar-refractivity contribution in [1.82, 2.24) is 19.7 Å². The third-order valence-electron chi connectivity index (χ3n) is 6.42. The second kappa shape index (κ2) is 7.22. The molecule has 1 atom stereocenters. The number of ether oxygens (including phenoxy) is 1. The van der Waals surface area contributed by atoms with Gasteiger partial charge in [0.2, 0.25) is 0 Å². The molecule has 0 aromatic carbocycles. The van der Waals surface area contributed by atoms with Crippen molar-refractivity contribution in [2.45, 2.75) is 69.4 Å². The van der Waals surface area contributed by atoms with Gasteiger partial charge in [0.25, 0.3) is 0 Å². The zero-order valence-electron chi connectivity index (χ0n) is 15.9. The zero-order chi connectivity index (χ0) is 19.0. The fraction of sp³-hybridized carbons (Fsp3) is 0.789. The first-order valence-electron chi connectivity index (χ1n) is 10.0. The van der Waals surface area contributed by atoms with E-state index in [1.165, 1.54) is 4.68 Å². The highest BCUT2D eigenvalue weighted by molar-refractivity contribution is 5.74. The van der Waals surface area contributed by atoms with Crippen LogP contribution in [0.1, 0.15) is 62.5 Å². The molecule has 3 aliphatic rings. The third kappa shape index (κ3) is 3.72. The number of nitrogens with zero attached hydrogens (tertiary/aromatic N) is 4. The Hall–Kier alpha value is -1.96. The molecule has 2 aliphatic heterocycles. The molecular formula is C19H28N4O4. The van der Waals surface area contributed by atoms with Crippen LogP contribution in [0.5, 0.6) is 0 Å². The van der Waals surface area contributed by atoms with Crippen LogP contribution < -0.4 is 0 Å². The molecule has 4 rings (SSSR count). The number of piperidine rings is 1. The highest BCUT2D eigenvalue weighted by Gasteiger charge is 2.53. The number of aromatic nitrogens is 3. The number of carboxylic acids is 1. The van der Waals surface area contributed by atoms with E-state index >= 15 is 0 Å². The van der Waals surface area contributed by atoms with Crippen molar-refractivity contribution < 1.29 is 19.4 Å². The van der Waals surface area contributed by atoms with Crippen LogP contribution in [0.25, 0.3) is 0 Å². The van der Waals surface area contributed by atoms with Crippen LogP contribution >= 0.6 is 0 Å². The fourth-order valence-electron chi connectivity index (χ4n) is 4.96. The molecule has 1 aromatic heterocycles. The summed E-state index contributed by atoms with van der Waals surface area (Å²) in [6.07, 6.45) is 6.95. The molecule has 3 heterocycles. The molecule has 27 heavy (non-hydrogen) atoms. The summed E-state index contributed by atoms with van der Waals surface area (Å²) in [4.78, 5) is 30.5. The second-order valence-corrected chi connectivity index (χ2v) is 8.39. The van der Waals surface area contributed by atoms with Crippen molar-refractivity contribution in [1.29, 1.82) is 0 Å². The van der Waals surface area contributed by atoms with E-state index in [1.54, 1.807) is 0 Å². The van der Waals surface area contributed by atoms with Gasteiger partial charge < -0.3 is 14.7 Å². The Morgan fingerprint density at radius 3 is 2.67 bits per heavy atom. The molecule has 148 valence electrons. The van der Waals surface area contributed by atoms with Crippen LogP contribution in [-0.2, 0) is 27.3 Å². The topological polar surface area (TPSA) is 97.6 Å². The average Bonchev–Trinajstić information content (AvgIpc) is 3.30. The first kappa shape index (κ1) is 18.4. The number of rotatable bonds is 5. The monoisotopic (exact) mass is 376 g/mol. The molecular weight excluding hydrogens is 348 g/mol. The van der Waals surface area contributed by atoms with Gasteiger partial charge in [-0.2, -0.15) is 5.10 Å². The van der Waals surface area contributed by atoms with Crippen molar-refractivity contribution in [2.24, 2.45) is 5.92 Å². The Morgan fingerprint density at radius 2 is 2.00 bits per heavy atom. The van der Waals surface area contributed by atoms with Crippen molar-refractivity contribution in [3.63, 3.8) is 0 Å². The fourth-order valence-corrected chi connectivity index (χ4v) is 4.96. The van der Waals surface area contributed by atoms with Crippen LogP contribution in [0.2, 0.25) is 0 Å². The van der Waals surface area contributed by atoms with Gasteiger partial charge in [-0.3, -0.25) is 9.59 Å². The molecule has 1 N–H and O–H groups in total. The molecule has 8 nitrogen and oxygen atoms in total. The maximum atomic E-state index is 12.1. The lowest BCUT2D eigenvalue weighted by Crippen LogP contribution is -2.32. The van der Waals surface area contributed by atoms with Gasteiger partial charge in [0.15, 0.2) is 5.82 Å². The van der Waals surface area contributed by atoms with Gasteiger partial charge in [-0.15, -0.1) is 0 Å². The third-order valence-corrected chi connectivity index (χ3v) is 6.42. The van der Waals surface area contributed by atoms with Crippen LogP contribution in [0, 0.1) is 5.92 Å². The molecule has 1 aromatic rings. The lowest BCUT2D eigenvalue weighted by atomic mass is 9.85. The summed E-state index contributed by atoms with van der Waals surface area (Å²) >= 11 is 0. The molecule has 2 saturated heterocycles. The number of aliphatic carboxylic acids is 1. The number of hydrogen-bond donors (Lipinski definition) is 1. The molecule has 0 amide bonds. The predicted octanol–water partition coefficient (Wildman–Crippen LogP) is 1.59. The van der Waals surface area contributed by atoms with E-state index in [4.69, 9.17) is 9.72 Å². The van der Waals surface area contributed by atoms with Gasteiger partial charge >= 0.3 is 11.9 Å². The minimum atomic E-state index is -0.947. The van der Waals surface area contributed by atoms with Crippen molar-refractivity contribution in [2.75, 3.05) is 20.1 Å². The predicted molar refractivity (Wildman–Crippen MR) is 96.2 cm³/mol. The van der Waals surface area contributed by atoms with Crippen molar-refractivity contribution >= 4 is 11.9 Å². The van der Waals surface area contributed by atoms with Crippen LogP contribution in [0.3, 0.4) is 0 Å². The Kier molecular flexibility index (Phi) is 4.92. The van der Waals surface area contributed by atoms with E-state index < -0.39 is 11.6 Å². The summed E-state index contributed by atoms with van der Waals surface area (Å²) in [5.41, 5.74) is -0.509. The lowest BCUT2D eigenvalue weighted by Gasteiger charge is -2.28. The average molecular weight is 376 g/mol. The summed E-state index contributed by atoms with van der Waals surface area (Å²) < 4.78 is 7.23. The summed E-state index contributed by atoms with van der Waals surface area (Å²) in [7, 11) is 2.13. The molecule has 8 heteroatoms. The van der Waals surface area contributed by atoms with Crippen LogP contribution in [-0.4, -0.2) is 62.4 Å². The van der Waals surface area contributed by atoms with Crippen LogP contribution in [0.15, 0.2) is 0 Å². The number of hydrogen-bond acceptors (Lipinski definition) is 6. The second-order valence-electron chi connectivity index (χ2n) is 8.39. The summed E-state index contributed by atoms with van der Waals surface area (Å²) in [5, 5.41) is 13.8. The highest BCUT2D eigenvalue weighted by Crippen LogP contribution is 2.50. The van der Waals surface area contributed by atoms with E-state index in [2.05, 4.69) is 17.0 Å². The van der Waals surface area contributed by atoms with Gasteiger partial charge in [0.1, 0.15) is 18.0 Å². The summed E-state index contributed by atoms with van der Waals surface area (Å²) in [6, 6.07) is 0. The number of esters is 1. The van der Waals surface area contributed by atoms with Crippen molar-refractivity contribution in [3.8, 4) is 0 Å². The zero-order valence-corrected chi connectivity index (χ0v) is 15.9. The number of likely N-dealkylation sites (tertiary alicyclic amines) is 1.